The maximum atomic E-state index is 12.3. The zero-order valence-corrected chi connectivity index (χ0v) is 14.4. The Morgan fingerprint density at radius 2 is 1.96 bits per heavy atom. The number of aromatic nitrogens is 2. The zero-order chi connectivity index (χ0) is 19.2. The summed E-state index contributed by atoms with van der Waals surface area (Å²) in [7, 11) is 1.60. The molecule has 6 nitrogen and oxygen atoms in total. The number of nitrogens with one attached hydrogen (secondary N) is 1. The van der Waals surface area contributed by atoms with E-state index in [1.165, 1.54) is 30.5 Å². The molecule has 0 saturated carbocycles. The zero-order valence-electron chi connectivity index (χ0n) is 14.4. The second-order valence-electron chi connectivity index (χ2n) is 5.64. The van der Waals surface area contributed by atoms with Crippen molar-refractivity contribution in [2.45, 2.75) is 13.2 Å². The van der Waals surface area contributed by atoms with Crippen molar-refractivity contribution in [1.29, 1.82) is 0 Å². The summed E-state index contributed by atoms with van der Waals surface area (Å²) in [5.41, 5.74) is 1.68. The molecule has 0 atom stereocenters. The molecule has 1 aromatic heterocycles. The molecule has 0 spiro atoms. The third kappa shape index (κ3) is 5.04. The van der Waals surface area contributed by atoms with Crippen LogP contribution in [0.25, 0.3) is 0 Å². The number of hydrogen-bond acceptors (Lipinski definition) is 4. The Labute approximate surface area is 154 Å². The largest absolute Gasteiger partial charge is 0.497 e. The molecule has 1 N–H and O–H groups in total. The van der Waals surface area contributed by atoms with Gasteiger partial charge in [-0.1, -0.05) is 18.2 Å². The predicted molar refractivity (Wildman–Crippen MR) is 95.4 cm³/mol. The first-order chi connectivity index (χ1) is 13.0. The van der Waals surface area contributed by atoms with Gasteiger partial charge in [0, 0.05) is 11.8 Å². The molecule has 1 amide bonds. The van der Waals surface area contributed by atoms with Crippen LogP contribution in [0.15, 0.2) is 60.9 Å². The molecule has 3 rings (SSSR count). The molecule has 0 aliphatic rings. The van der Waals surface area contributed by atoms with Gasteiger partial charge in [-0.05, 0) is 35.9 Å². The summed E-state index contributed by atoms with van der Waals surface area (Å²) in [6, 6.07) is 13.2. The number of halogens is 2. The van der Waals surface area contributed by atoms with Crippen molar-refractivity contribution in [3.63, 3.8) is 0 Å². The van der Waals surface area contributed by atoms with Gasteiger partial charge in [-0.15, -0.1) is 0 Å². The normalized spacial score (nSPS) is 10.7. The fraction of sp³-hybridized carbons (Fsp3) is 0.158. The number of benzene rings is 2. The second kappa shape index (κ2) is 8.31. The van der Waals surface area contributed by atoms with Gasteiger partial charge in [0.2, 0.25) is 0 Å². The number of rotatable bonds is 7. The van der Waals surface area contributed by atoms with Crippen LogP contribution >= 0.6 is 0 Å². The maximum Gasteiger partial charge on any atom is 0.387 e. The Kier molecular flexibility index (Phi) is 5.65. The molecule has 140 valence electrons. The molecule has 0 aliphatic carbocycles. The summed E-state index contributed by atoms with van der Waals surface area (Å²) < 4.78 is 35.7. The average Bonchev–Trinajstić information content (AvgIpc) is 3.08. The van der Waals surface area contributed by atoms with Crippen LogP contribution < -0.4 is 14.8 Å². The molecule has 2 aromatic carbocycles. The molecular formula is C19H17F2N3O3. The summed E-state index contributed by atoms with van der Waals surface area (Å²) in [6.45, 7) is -2.44. The third-order valence-electron chi connectivity index (χ3n) is 3.69. The number of alkyl halides is 2. The van der Waals surface area contributed by atoms with E-state index >= 15 is 0 Å². The number of nitrogens with zero attached hydrogens (tertiary/aromatic N) is 2. The number of methoxy groups -OCH3 is 1. The smallest absolute Gasteiger partial charge is 0.387 e. The highest BCUT2D eigenvalue weighted by atomic mass is 19.3. The van der Waals surface area contributed by atoms with Crippen LogP contribution in [0.1, 0.15) is 15.9 Å². The highest BCUT2D eigenvalue weighted by molar-refractivity contribution is 6.04. The lowest BCUT2D eigenvalue weighted by Gasteiger charge is -2.07. The van der Waals surface area contributed by atoms with E-state index in [4.69, 9.17) is 4.74 Å². The standard InChI is InChI=1S/C19H17F2N3O3/c1-26-16-6-2-4-13(8-16)11-24-12-15(10-22-24)23-18(25)14-5-3-7-17(9-14)27-19(20)21/h2-10,12,19H,11H2,1H3,(H,23,25). The molecule has 0 aliphatic heterocycles. The highest BCUT2D eigenvalue weighted by Crippen LogP contribution is 2.18. The van der Waals surface area contributed by atoms with E-state index in [0.29, 0.717) is 12.2 Å². The van der Waals surface area contributed by atoms with Gasteiger partial charge in [0.05, 0.1) is 25.5 Å². The first-order valence-electron chi connectivity index (χ1n) is 8.05. The fourth-order valence-electron chi connectivity index (χ4n) is 2.49. The quantitative estimate of drug-likeness (QED) is 0.684. The van der Waals surface area contributed by atoms with Crippen molar-refractivity contribution < 1.29 is 23.0 Å². The monoisotopic (exact) mass is 373 g/mol. The molecule has 0 saturated heterocycles. The van der Waals surface area contributed by atoms with Gasteiger partial charge < -0.3 is 14.8 Å². The van der Waals surface area contributed by atoms with E-state index in [0.717, 1.165) is 11.3 Å². The van der Waals surface area contributed by atoms with Crippen molar-refractivity contribution >= 4 is 11.6 Å². The van der Waals surface area contributed by atoms with Crippen LogP contribution in [0.3, 0.4) is 0 Å². The summed E-state index contributed by atoms with van der Waals surface area (Å²) in [6.07, 6.45) is 3.19. The summed E-state index contributed by atoms with van der Waals surface area (Å²) in [4.78, 5) is 12.3. The predicted octanol–water partition coefficient (Wildman–Crippen LogP) is 3.79. The van der Waals surface area contributed by atoms with Gasteiger partial charge in [-0.3, -0.25) is 9.48 Å². The Morgan fingerprint density at radius 3 is 2.74 bits per heavy atom. The summed E-state index contributed by atoms with van der Waals surface area (Å²) in [5.74, 6) is 0.223. The minimum atomic E-state index is -2.95. The van der Waals surface area contributed by atoms with Crippen LogP contribution in [0.5, 0.6) is 11.5 Å². The van der Waals surface area contributed by atoms with Crippen LogP contribution in [0.4, 0.5) is 14.5 Å². The Morgan fingerprint density at radius 1 is 1.19 bits per heavy atom. The van der Waals surface area contributed by atoms with Gasteiger partial charge in [0.15, 0.2) is 0 Å². The summed E-state index contributed by atoms with van der Waals surface area (Å²) in [5, 5.41) is 6.89. The van der Waals surface area contributed by atoms with Crippen molar-refractivity contribution in [2.24, 2.45) is 0 Å². The van der Waals surface area contributed by atoms with Crippen molar-refractivity contribution in [1.82, 2.24) is 9.78 Å². The van der Waals surface area contributed by atoms with Crippen molar-refractivity contribution in [2.75, 3.05) is 12.4 Å². The lowest BCUT2D eigenvalue weighted by atomic mass is 10.2. The molecule has 3 aromatic rings. The first-order valence-corrected chi connectivity index (χ1v) is 8.05. The van der Waals surface area contributed by atoms with Gasteiger partial charge in [0.25, 0.3) is 5.91 Å². The number of carbonyl (C=O) groups excluding carboxylic acids is 1. The van der Waals surface area contributed by atoms with Gasteiger partial charge >= 0.3 is 6.61 Å². The molecule has 1 heterocycles. The highest BCUT2D eigenvalue weighted by Gasteiger charge is 2.11. The summed E-state index contributed by atoms with van der Waals surface area (Å²) >= 11 is 0. The number of carbonyl (C=O) groups is 1. The van der Waals surface area contributed by atoms with Gasteiger partial charge in [-0.2, -0.15) is 13.9 Å². The van der Waals surface area contributed by atoms with E-state index < -0.39 is 12.5 Å². The maximum absolute atomic E-state index is 12.3. The van der Waals surface area contributed by atoms with Crippen molar-refractivity contribution in [3.8, 4) is 11.5 Å². The Hall–Kier alpha value is -3.42. The van der Waals surface area contributed by atoms with E-state index in [-0.39, 0.29) is 11.3 Å². The van der Waals surface area contributed by atoms with Gasteiger partial charge in [0.1, 0.15) is 11.5 Å². The van der Waals surface area contributed by atoms with E-state index in [9.17, 15) is 13.6 Å². The molecule has 0 bridgehead atoms. The lowest BCUT2D eigenvalue weighted by Crippen LogP contribution is -2.12. The molecule has 0 radical (unpaired) electrons. The molecule has 8 heteroatoms. The molecule has 27 heavy (non-hydrogen) atoms. The van der Waals surface area contributed by atoms with Crippen LogP contribution in [0, 0.1) is 0 Å². The number of hydrogen-bond donors (Lipinski definition) is 1. The van der Waals surface area contributed by atoms with Crippen LogP contribution in [0.2, 0.25) is 0 Å². The first kappa shape index (κ1) is 18.4. The van der Waals surface area contributed by atoms with Gasteiger partial charge in [-0.25, -0.2) is 0 Å². The minimum Gasteiger partial charge on any atom is -0.497 e. The van der Waals surface area contributed by atoms with E-state index in [1.54, 1.807) is 18.0 Å². The minimum absolute atomic E-state index is 0.0774. The van der Waals surface area contributed by atoms with Crippen LogP contribution in [-0.4, -0.2) is 29.4 Å². The van der Waals surface area contributed by atoms with Crippen molar-refractivity contribution in [3.05, 3.63) is 72.1 Å². The second-order valence-corrected chi connectivity index (χ2v) is 5.64. The number of ether oxygens (including phenoxy) is 2. The van der Waals surface area contributed by atoms with E-state index in [1.807, 2.05) is 24.3 Å². The lowest BCUT2D eigenvalue weighted by molar-refractivity contribution is -0.0498. The fourth-order valence-corrected chi connectivity index (χ4v) is 2.49. The van der Waals surface area contributed by atoms with Crippen LogP contribution in [-0.2, 0) is 6.54 Å². The molecule has 0 fully saturated rings. The Bertz CT molecular complexity index is 928. The molecule has 0 unspecified atom stereocenters. The topological polar surface area (TPSA) is 65.4 Å². The number of anilines is 1. The number of amides is 1. The molecular weight excluding hydrogens is 356 g/mol. The average molecular weight is 373 g/mol. The Balaban J connectivity index is 1.65. The third-order valence-corrected chi connectivity index (χ3v) is 3.69. The van der Waals surface area contributed by atoms with E-state index in [2.05, 4.69) is 15.2 Å². The SMILES string of the molecule is COc1cccc(Cn2cc(NC(=O)c3cccc(OC(F)F)c3)cn2)c1.